The van der Waals surface area contributed by atoms with Crippen molar-refractivity contribution in [3.63, 3.8) is 0 Å². The number of aromatic amines is 2. The van der Waals surface area contributed by atoms with Crippen molar-refractivity contribution in [3.8, 4) is 28.4 Å². The molecule has 1 saturated heterocycles. The van der Waals surface area contributed by atoms with E-state index >= 15 is 0 Å². The Balaban J connectivity index is 1.06. The minimum atomic E-state index is -0.658. The van der Waals surface area contributed by atoms with Crippen molar-refractivity contribution in [2.75, 3.05) is 50.8 Å². The highest BCUT2D eigenvalue weighted by Crippen LogP contribution is 2.34. The maximum Gasteiger partial charge on any atom is 0.274 e. The molecule has 0 saturated carbocycles. The van der Waals surface area contributed by atoms with Crippen LogP contribution < -0.4 is 4.90 Å². The van der Waals surface area contributed by atoms with Crippen molar-refractivity contribution < 1.29 is 19.4 Å². The van der Waals surface area contributed by atoms with Crippen LogP contribution in [0.2, 0.25) is 0 Å². The van der Waals surface area contributed by atoms with Crippen LogP contribution in [0.15, 0.2) is 42.7 Å². The lowest BCUT2D eigenvalue weighted by Crippen LogP contribution is -2.47. The Kier molecular flexibility index (Phi) is 7.63. The number of carbonyl (C=O) groups excluding carboxylic acids is 1. The average Bonchev–Trinajstić information content (AvgIpc) is 3.69. The SMILES string of the molecule is CCc1cc(O)c(F)cc1-c1ccc2c(-c3nc4c([nH]3)CN(C(=O)c3cnc(N5CCN(CCO)CC5)cn3)CC4)n[nH]c2c1. The topological polar surface area (TPSA) is 150 Å². The van der Waals surface area contributed by atoms with Crippen LogP contribution in [-0.4, -0.2) is 102 Å². The molecule has 1 fully saturated rings. The van der Waals surface area contributed by atoms with Crippen LogP contribution in [0.3, 0.4) is 0 Å². The van der Waals surface area contributed by atoms with E-state index in [9.17, 15) is 14.3 Å². The average molecular weight is 612 g/mol. The highest BCUT2D eigenvalue weighted by atomic mass is 19.1. The standard InChI is InChI=1S/C32H34FN9O3/c1-2-19-14-28(44)23(33)15-22(19)20-3-4-21-25(13-20)38-39-30(21)31-36-24-5-6-42(18-27(24)37-31)32(45)26-16-35-29(17-34-26)41-9-7-40(8-10-41)11-12-43/h3-4,13-17,43-44H,2,5-12,18H2,1H3,(H,36,37)(H,38,39). The number of phenols is 1. The second kappa shape index (κ2) is 11.9. The predicted octanol–water partition coefficient (Wildman–Crippen LogP) is 3.13. The van der Waals surface area contributed by atoms with Gasteiger partial charge in [-0.3, -0.25) is 14.8 Å². The summed E-state index contributed by atoms with van der Waals surface area (Å²) in [6.07, 6.45) is 4.45. The van der Waals surface area contributed by atoms with Crippen LogP contribution >= 0.6 is 0 Å². The number of imidazole rings is 1. The molecule has 2 aliphatic rings. The van der Waals surface area contributed by atoms with E-state index in [1.165, 1.54) is 12.1 Å². The van der Waals surface area contributed by atoms with Gasteiger partial charge in [0.15, 0.2) is 17.4 Å². The Morgan fingerprint density at radius 1 is 1.07 bits per heavy atom. The van der Waals surface area contributed by atoms with Gasteiger partial charge in [-0.1, -0.05) is 13.0 Å². The third-order valence-corrected chi connectivity index (χ3v) is 8.74. The number of benzene rings is 2. The molecule has 3 aromatic heterocycles. The number of H-pyrrole nitrogens is 2. The van der Waals surface area contributed by atoms with Crippen LogP contribution in [0.4, 0.5) is 10.2 Å². The number of halogens is 1. The van der Waals surface area contributed by atoms with Crippen LogP contribution in [-0.2, 0) is 19.4 Å². The van der Waals surface area contributed by atoms with Gasteiger partial charge in [0.1, 0.15) is 17.2 Å². The van der Waals surface area contributed by atoms with Gasteiger partial charge in [0.25, 0.3) is 5.91 Å². The lowest BCUT2D eigenvalue weighted by molar-refractivity contribution is 0.0725. The van der Waals surface area contributed by atoms with Crippen molar-refractivity contribution in [3.05, 3.63) is 71.2 Å². The fraction of sp³-hybridized carbons (Fsp3) is 0.344. The summed E-state index contributed by atoms with van der Waals surface area (Å²) in [5.74, 6) is 0.164. The molecule has 1 amide bonds. The summed E-state index contributed by atoms with van der Waals surface area (Å²) in [7, 11) is 0. The Labute approximate surface area is 258 Å². The van der Waals surface area contributed by atoms with Crippen LogP contribution in [0.5, 0.6) is 5.75 Å². The third kappa shape index (κ3) is 5.49. The number of phenolic OH excluding ortho intramolecular Hbond substituents is 1. The number of aromatic hydroxyl groups is 1. The Morgan fingerprint density at radius 3 is 2.67 bits per heavy atom. The second-order valence-electron chi connectivity index (χ2n) is 11.4. The molecule has 0 bridgehead atoms. The molecule has 4 N–H and O–H groups in total. The second-order valence-corrected chi connectivity index (χ2v) is 11.4. The maximum atomic E-state index is 14.2. The van der Waals surface area contributed by atoms with E-state index in [1.54, 1.807) is 17.3 Å². The normalized spacial score (nSPS) is 15.5. The highest BCUT2D eigenvalue weighted by molar-refractivity contribution is 5.94. The monoisotopic (exact) mass is 611 g/mol. The van der Waals surface area contributed by atoms with Crippen molar-refractivity contribution in [1.82, 2.24) is 39.9 Å². The molecule has 12 nitrogen and oxygen atoms in total. The number of anilines is 1. The molecule has 45 heavy (non-hydrogen) atoms. The van der Waals surface area contributed by atoms with Crippen molar-refractivity contribution in [2.24, 2.45) is 0 Å². The maximum absolute atomic E-state index is 14.2. The van der Waals surface area contributed by atoms with Gasteiger partial charge < -0.3 is 25.0 Å². The fourth-order valence-corrected chi connectivity index (χ4v) is 6.21. The van der Waals surface area contributed by atoms with Gasteiger partial charge in [0.2, 0.25) is 0 Å². The summed E-state index contributed by atoms with van der Waals surface area (Å²) in [5, 5.41) is 27.4. The lowest BCUT2D eigenvalue weighted by atomic mass is 9.96. The number of aliphatic hydroxyl groups is 1. The molecule has 7 rings (SSSR count). The molecule has 2 aliphatic heterocycles. The van der Waals surface area contributed by atoms with Crippen molar-refractivity contribution >= 4 is 22.6 Å². The first-order valence-electron chi connectivity index (χ1n) is 15.2. The molecular weight excluding hydrogens is 577 g/mol. The summed E-state index contributed by atoms with van der Waals surface area (Å²) in [6.45, 7) is 6.96. The number of nitrogens with zero attached hydrogens (tertiary/aromatic N) is 7. The van der Waals surface area contributed by atoms with Crippen molar-refractivity contribution in [1.29, 1.82) is 0 Å². The first-order valence-corrected chi connectivity index (χ1v) is 15.2. The van der Waals surface area contributed by atoms with Gasteiger partial charge in [-0.15, -0.1) is 0 Å². The molecule has 5 heterocycles. The zero-order valence-corrected chi connectivity index (χ0v) is 24.9. The van der Waals surface area contributed by atoms with Gasteiger partial charge in [-0.05, 0) is 47.4 Å². The highest BCUT2D eigenvalue weighted by Gasteiger charge is 2.27. The van der Waals surface area contributed by atoms with E-state index < -0.39 is 5.82 Å². The van der Waals surface area contributed by atoms with Gasteiger partial charge in [-0.2, -0.15) is 5.10 Å². The fourth-order valence-electron chi connectivity index (χ4n) is 6.21. The van der Waals surface area contributed by atoms with E-state index in [1.807, 2.05) is 25.1 Å². The first kappa shape index (κ1) is 28.9. The van der Waals surface area contributed by atoms with Crippen molar-refractivity contribution in [2.45, 2.75) is 26.3 Å². The van der Waals surface area contributed by atoms with E-state index in [0.717, 1.165) is 71.0 Å². The first-order chi connectivity index (χ1) is 21.9. The zero-order chi connectivity index (χ0) is 31.1. The Morgan fingerprint density at radius 2 is 1.91 bits per heavy atom. The van der Waals surface area contributed by atoms with E-state index in [2.05, 4.69) is 34.9 Å². The predicted molar refractivity (Wildman–Crippen MR) is 166 cm³/mol. The molecule has 0 unspecified atom stereocenters. The van der Waals surface area contributed by atoms with Crippen LogP contribution in [0, 0.1) is 5.82 Å². The summed E-state index contributed by atoms with van der Waals surface area (Å²) >= 11 is 0. The number of rotatable bonds is 7. The van der Waals surface area contributed by atoms with E-state index in [0.29, 0.717) is 49.7 Å². The molecule has 13 heteroatoms. The van der Waals surface area contributed by atoms with E-state index in [4.69, 9.17) is 10.1 Å². The van der Waals surface area contributed by atoms with Gasteiger partial charge in [0, 0.05) is 51.1 Å². The number of hydrogen-bond donors (Lipinski definition) is 4. The van der Waals surface area contributed by atoms with Crippen LogP contribution in [0.1, 0.15) is 34.4 Å². The molecule has 232 valence electrons. The lowest BCUT2D eigenvalue weighted by Gasteiger charge is -2.34. The van der Waals surface area contributed by atoms with E-state index in [-0.39, 0.29) is 18.3 Å². The number of aryl methyl sites for hydroxylation is 1. The van der Waals surface area contributed by atoms with Gasteiger partial charge in [0.05, 0.1) is 42.4 Å². The molecule has 0 atom stereocenters. The summed E-state index contributed by atoms with van der Waals surface area (Å²) < 4.78 is 14.2. The Hall–Kier alpha value is -4.88. The van der Waals surface area contributed by atoms with Gasteiger partial charge in [-0.25, -0.2) is 19.3 Å². The number of hydrogen-bond acceptors (Lipinski definition) is 9. The smallest absolute Gasteiger partial charge is 0.274 e. The minimum absolute atomic E-state index is 0.155. The zero-order valence-electron chi connectivity index (χ0n) is 24.9. The quantitative estimate of drug-likeness (QED) is 0.218. The molecule has 2 aromatic carbocycles. The molecule has 5 aromatic rings. The summed E-state index contributed by atoms with van der Waals surface area (Å²) in [5.41, 5.74) is 5.88. The summed E-state index contributed by atoms with van der Waals surface area (Å²) in [4.78, 5) is 36.6. The molecule has 0 spiro atoms. The number of piperazine rings is 1. The number of aliphatic hydroxyl groups excluding tert-OH is 1. The number of fused-ring (bicyclic) bond motifs is 2. The Bertz CT molecular complexity index is 1860. The molecule has 0 aliphatic carbocycles. The number of amides is 1. The number of β-amino-alcohol motifs (C(OH)–C–C–N with tert-alkyl or cyclic N) is 1. The number of nitrogens with one attached hydrogen (secondary N) is 2. The molecular formula is C32H34FN9O3. The summed E-state index contributed by atoms with van der Waals surface area (Å²) in [6, 6.07) is 8.61. The number of aromatic nitrogens is 6. The van der Waals surface area contributed by atoms with Gasteiger partial charge >= 0.3 is 0 Å². The number of carbonyl (C=O) groups is 1. The van der Waals surface area contributed by atoms with Crippen LogP contribution in [0.25, 0.3) is 33.5 Å². The largest absolute Gasteiger partial charge is 0.505 e. The third-order valence-electron chi connectivity index (χ3n) is 8.74. The molecule has 0 radical (unpaired) electrons. The minimum Gasteiger partial charge on any atom is -0.505 e.